The summed E-state index contributed by atoms with van der Waals surface area (Å²) in [6.45, 7) is 4.72. The molecular weight excluding hydrogens is 248 g/mol. The van der Waals surface area contributed by atoms with E-state index in [1.165, 1.54) is 5.56 Å². The number of carbonyl (C=O) groups is 1. The van der Waals surface area contributed by atoms with Crippen LogP contribution in [0.1, 0.15) is 37.7 Å². The van der Waals surface area contributed by atoms with Crippen LogP contribution in [-0.4, -0.2) is 30.4 Å². The lowest BCUT2D eigenvalue weighted by Crippen LogP contribution is -2.45. The lowest BCUT2D eigenvalue weighted by atomic mass is 9.80. The first-order chi connectivity index (χ1) is 9.63. The molecule has 1 amide bonds. The molecule has 0 aromatic heterocycles. The molecule has 3 rings (SSSR count). The molecule has 2 aliphatic rings. The summed E-state index contributed by atoms with van der Waals surface area (Å²) in [7, 11) is 0. The van der Waals surface area contributed by atoms with Crippen molar-refractivity contribution >= 4 is 5.91 Å². The van der Waals surface area contributed by atoms with Gasteiger partial charge in [-0.25, -0.2) is 0 Å². The van der Waals surface area contributed by atoms with Gasteiger partial charge in [0.25, 0.3) is 0 Å². The maximum Gasteiger partial charge on any atom is 0.226 e. The van der Waals surface area contributed by atoms with E-state index in [2.05, 4.69) is 36.1 Å². The molecule has 1 heterocycles. The van der Waals surface area contributed by atoms with E-state index in [0.717, 1.165) is 38.9 Å². The largest absolute Gasteiger partial charge is 0.342 e. The number of rotatable bonds is 3. The van der Waals surface area contributed by atoms with Crippen molar-refractivity contribution in [1.82, 2.24) is 4.90 Å². The first-order valence-corrected chi connectivity index (χ1v) is 7.67. The molecule has 1 aliphatic heterocycles. The van der Waals surface area contributed by atoms with Crippen LogP contribution in [0.2, 0.25) is 0 Å². The molecule has 0 spiro atoms. The molecule has 1 aliphatic carbocycles. The Kier molecular flexibility index (Phi) is 3.55. The number of likely N-dealkylation sites (tertiary alicyclic amines) is 1. The molecule has 20 heavy (non-hydrogen) atoms. The maximum absolute atomic E-state index is 12.5. The zero-order valence-electron chi connectivity index (χ0n) is 12.2. The topological polar surface area (TPSA) is 46.3 Å². The monoisotopic (exact) mass is 272 g/mol. The van der Waals surface area contributed by atoms with Gasteiger partial charge in [0.2, 0.25) is 5.91 Å². The van der Waals surface area contributed by atoms with Crippen LogP contribution < -0.4 is 5.73 Å². The van der Waals surface area contributed by atoms with Crippen LogP contribution in [0.4, 0.5) is 0 Å². The molecule has 1 saturated heterocycles. The molecule has 1 saturated carbocycles. The Morgan fingerprint density at radius 2 is 1.95 bits per heavy atom. The van der Waals surface area contributed by atoms with Gasteiger partial charge in [0.05, 0.1) is 0 Å². The number of hydrogen-bond acceptors (Lipinski definition) is 2. The van der Waals surface area contributed by atoms with Crippen molar-refractivity contribution in [2.75, 3.05) is 19.6 Å². The van der Waals surface area contributed by atoms with Gasteiger partial charge in [-0.1, -0.05) is 37.3 Å². The molecular formula is C17H24N2O. The summed E-state index contributed by atoms with van der Waals surface area (Å²) >= 11 is 0. The Hall–Kier alpha value is -1.35. The minimum absolute atomic E-state index is 0.222. The second-order valence-corrected chi connectivity index (χ2v) is 6.70. The predicted molar refractivity (Wildman–Crippen MR) is 80.3 cm³/mol. The average Bonchev–Trinajstić information content (AvgIpc) is 3.29. The molecule has 3 nitrogen and oxygen atoms in total. The molecule has 2 N–H and O–H groups in total. The lowest BCUT2D eigenvalue weighted by molar-refractivity contribution is -0.134. The molecule has 108 valence electrons. The van der Waals surface area contributed by atoms with Gasteiger partial charge in [0, 0.05) is 19.0 Å². The van der Waals surface area contributed by atoms with Gasteiger partial charge in [-0.3, -0.25) is 4.79 Å². The number of nitrogens with two attached hydrogens (primary N) is 1. The van der Waals surface area contributed by atoms with Gasteiger partial charge >= 0.3 is 0 Å². The molecule has 0 bridgehead atoms. The second kappa shape index (κ2) is 5.21. The first-order valence-electron chi connectivity index (χ1n) is 7.67. The fourth-order valence-electron chi connectivity index (χ4n) is 3.24. The standard InChI is InChI=1S/C17H24N2O/c1-17(12-18)7-9-19(10-8-17)16(20)15-11-14(15)13-5-3-2-4-6-13/h2-6,14-15H,7-12,18H2,1H3. The van der Waals surface area contributed by atoms with Gasteiger partial charge in [0.15, 0.2) is 0 Å². The molecule has 2 unspecified atom stereocenters. The van der Waals surface area contributed by atoms with Crippen LogP contribution in [0.5, 0.6) is 0 Å². The van der Waals surface area contributed by atoms with E-state index in [4.69, 9.17) is 5.73 Å². The highest BCUT2D eigenvalue weighted by Crippen LogP contribution is 2.48. The first kappa shape index (κ1) is 13.6. The van der Waals surface area contributed by atoms with Gasteiger partial charge < -0.3 is 10.6 Å². The number of piperidine rings is 1. The van der Waals surface area contributed by atoms with Crippen molar-refractivity contribution in [3.63, 3.8) is 0 Å². The maximum atomic E-state index is 12.5. The van der Waals surface area contributed by atoms with Crippen molar-refractivity contribution in [2.24, 2.45) is 17.1 Å². The Morgan fingerprint density at radius 3 is 2.55 bits per heavy atom. The van der Waals surface area contributed by atoms with Crippen LogP contribution in [0.3, 0.4) is 0 Å². The van der Waals surface area contributed by atoms with E-state index in [1.807, 2.05) is 6.07 Å². The van der Waals surface area contributed by atoms with Crippen LogP contribution in [0, 0.1) is 11.3 Å². The summed E-state index contributed by atoms with van der Waals surface area (Å²) < 4.78 is 0. The van der Waals surface area contributed by atoms with Gasteiger partial charge in [0.1, 0.15) is 0 Å². The average molecular weight is 272 g/mol. The van der Waals surface area contributed by atoms with Crippen molar-refractivity contribution in [3.8, 4) is 0 Å². The number of benzene rings is 1. The third-order valence-corrected chi connectivity index (χ3v) is 5.11. The quantitative estimate of drug-likeness (QED) is 0.918. The molecule has 2 atom stereocenters. The van der Waals surface area contributed by atoms with Crippen LogP contribution in [0.15, 0.2) is 30.3 Å². The fraction of sp³-hybridized carbons (Fsp3) is 0.588. The fourth-order valence-corrected chi connectivity index (χ4v) is 3.24. The van der Waals surface area contributed by atoms with E-state index in [-0.39, 0.29) is 11.3 Å². The Labute approximate surface area is 121 Å². The third-order valence-electron chi connectivity index (χ3n) is 5.11. The van der Waals surface area contributed by atoms with Crippen LogP contribution >= 0.6 is 0 Å². The van der Waals surface area contributed by atoms with Crippen molar-refractivity contribution in [3.05, 3.63) is 35.9 Å². The Morgan fingerprint density at radius 1 is 1.30 bits per heavy atom. The molecule has 3 heteroatoms. The molecule has 2 fully saturated rings. The van der Waals surface area contributed by atoms with Crippen molar-refractivity contribution in [1.29, 1.82) is 0 Å². The summed E-state index contributed by atoms with van der Waals surface area (Å²) in [4.78, 5) is 14.6. The van der Waals surface area contributed by atoms with E-state index in [9.17, 15) is 4.79 Å². The second-order valence-electron chi connectivity index (χ2n) is 6.70. The third kappa shape index (κ3) is 2.59. The van der Waals surface area contributed by atoms with E-state index in [0.29, 0.717) is 11.8 Å². The highest BCUT2D eigenvalue weighted by atomic mass is 16.2. The summed E-state index contributed by atoms with van der Waals surface area (Å²) in [5.74, 6) is 1.03. The van der Waals surface area contributed by atoms with E-state index in [1.54, 1.807) is 0 Å². The normalized spacial score (nSPS) is 28.2. The van der Waals surface area contributed by atoms with Gasteiger partial charge in [-0.15, -0.1) is 0 Å². The minimum Gasteiger partial charge on any atom is -0.342 e. The Bertz CT molecular complexity index is 477. The molecule has 0 radical (unpaired) electrons. The van der Waals surface area contributed by atoms with Gasteiger partial charge in [-0.2, -0.15) is 0 Å². The SMILES string of the molecule is CC1(CN)CCN(C(=O)C2CC2c2ccccc2)CC1. The highest BCUT2D eigenvalue weighted by molar-refractivity contribution is 5.83. The summed E-state index contributed by atoms with van der Waals surface area (Å²) in [6.07, 6.45) is 3.10. The smallest absolute Gasteiger partial charge is 0.226 e. The number of amides is 1. The summed E-state index contributed by atoms with van der Waals surface area (Å²) in [5, 5.41) is 0. The summed E-state index contributed by atoms with van der Waals surface area (Å²) in [5.41, 5.74) is 7.38. The van der Waals surface area contributed by atoms with Crippen LogP contribution in [-0.2, 0) is 4.79 Å². The summed E-state index contributed by atoms with van der Waals surface area (Å²) in [6, 6.07) is 10.4. The molecule has 1 aromatic rings. The van der Waals surface area contributed by atoms with Crippen molar-refractivity contribution < 1.29 is 4.79 Å². The zero-order chi connectivity index (χ0) is 14.2. The van der Waals surface area contributed by atoms with Gasteiger partial charge in [-0.05, 0) is 42.7 Å². The Balaban J connectivity index is 1.57. The predicted octanol–water partition coefficient (Wildman–Crippen LogP) is 2.38. The molecule has 1 aromatic carbocycles. The number of nitrogens with zero attached hydrogens (tertiary/aromatic N) is 1. The van der Waals surface area contributed by atoms with E-state index >= 15 is 0 Å². The lowest BCUT2D eigenvalue weighted by Gasteiger charge is -2.38. The van der Waals surface area contributed by atoms with Crippen LogP contribution in [0.25, 0.3) is 0 Å². The highest BCUT2D eigenvalue weighted by Gasteiger charge is 2.46. The van der Waals surface area contributed by atoms with E-state index < -0.39 is 0 Å². The number of carbonyl (C=O) groups excluding carboxylic acids is 1. The van der Waals surface area contributed by atoms with Crippen molar-refractivity contribution in [2.45, 2.75) is 32.1 Å². The zero-order valence-corrected chi connectivity index (χ0v) is 12.2. The minimum atomic E-state index is 0.222. The number of hydrogen-bond donors (Lipinski definition) is 1.